The van der Waals surface area contributed by atoms with Crippen molar-refractivity contribution in [2.45, 2.75) is 25.9 Å². The molecule has 0 bridgehead atoms. The van der Waals surface area contributed by atoms with Crippen LogP contribution in [0.1, 0.15) is 13.8 Å². The fourth-order valence-electron chi connectivity index (χ4n) is 0.941. The zero-order valence-electron chi connectivity index (χ0n) is 8.20. The van der Waals surface area contributed by atoms with Gasteiger partial charge in [0, 0.05) is 11.8 Å². The van der Waals surface area contributed by atoms with Gasteiger partial charge in [0.15, 0.2) is 0 Å². The molecule has 0 fully saturated rings. The normalized spacial score (nSPS) is 16.1. The Bertz CT molecular complexity index is 150. The van der Waals surface area contributed by atoms with E-state index in [1.807, 2.05) is 18.7 Å². The van der Waals surface area contributed by atoms with Gasteiger partial charge in [0.1, 0.15) is 0 Å². The molecule has 0 amide bonds. The van der Waals surface area contributed by atoms with E-state index in [-0.39, 0.29) is 6.04 Å². The van der Waals surface area contributed by atoms with Gasteiger partial charge in [-0.25, -0.2) is 0 Å². The molecule has 0 aromatic carbocycles. The first-order chi connectivity index (χ1) is 5.50. The maximum atomic E-state index is 5.55. The third kappa shape index (κ3) is 3.74. The highest BCUT2D eigenvalue weighted by atomic mass is 32.2. The van der Waals surface area contributed by atoms with Crippen LogP contribution < -0.4 is 5.73 Å². The number of thioether (sulfide) groups is 1. The molecule has 0 aromatic heterocycles. The summed E-state index contributed by atoms with van der Waals surface area (Å²) >= 11 is 6.77. The first-order valence-corrected chi connectivity index (χ1v) is 5.81. The van der Waals surface area contributed by atoms with Crippen LogP contribution in [0.15, 0.2) is 0 Å². The number of thiocarbonyl (C=S) groups is 1. The van der Waals surface area contributed by atoms with Gasteiger partial charge in [0.25, 0.3) is 0 Å². The molecule has 0 radical (unpaired) electrons. The molecule has 0 aromatic rings. The molecule has 0 aliphatic rings. The van der Waals surface area contributed by atoms with Gasteiger partial charge in [-0.2, -0.15) is 11.8 Å². The van der Waals surface area contributed by atoms with Crippen LogP contribution >= 0.6 is 24.0 Å². The Morgan fingerprint density at radius 1 is 1.58 bits per heavy atom. The minimum absolute atomic E-state index is 0.196. The highest BCUT2D eigenvalue weighted by molar-refractivity contribution is 7.98. The van der Waals surface area contributed by atoms with E-state index in [1.165, 1.54) is 0 Å². The Labute approximate surface area is 84.9 Å². The number of hydrogen-bond acceptors (Lipinski definition) is 3. The molecule has 0 rings (SSSR count). The summed E-state index contributed by atoms with van der Waals surface area (Å²) in [6.45, 7) is 4.23. The SMILES string of the molecule is CSCC(C)N(C)C(C)C(N)=S. The zero-order valence-corrected chi connectivity index (χ0v) is 9.84. The van der Waals surface area contributed by atoms with Crippen molar-refractivity contribution in [3.63, 3.8) is 0 Å². The van der Waals surface area contributed by atoms with E-state index in [0.29, 0.717) is 11.0 Å². The maximum Gasteiger partial charge on any atom is 0.0899 e. The topological polar surface area (TPSA) is 29.3 Å². The molecule has 2 atom stereocenters. The molecule has 12 heavy (non-hydrogen) atoms. The summed E-state index contributed by atoms with van der Waals surface area (Å²) in [7, 11) is 2.06. The van der Waals surface area contributed by atoms with Crippen LogP contribution in [0.2, 0.25) is 0 Å². The quantitative estimate of drug-likeness (QED) is 0.688. The first-order valence-electron chi connectivity index (χ1n) is 4.00. The van der Waals surface area contributed by atoms with Gasteiger partial charge in [0.2, 0.25) is 0 Å². The second-order valence-corrected chi connectivity index (χ2v) is 4.43. The zero-order chi connectivity index (χ0) is 9.72. The van der Waals surface area contributed by atoms with E-state index in [1.54, 1.807) is 0 Å². The van der Waals surface area contributed by atoms with Crippen LogP contribution in [0.25, 0.3) is 0 Å². The Balaban J connectivity index is 3.99. The lowest BCUT2D eigenvalue weighted by atomic mass is 10.2. The second-order valence-electron chi connectivity index (χ2n) is 3.05. The molecule has 0 aliphatic heterocycles. The van der Waals surface area contributed by atoms with Crippen LogP contribution in [-0.2, 0) is 0 Å². The Kier molecular flexibility index (Phi) is 5.88. The summed E-state index contributed by atoms with van der Waals surface area (Å²) < 4.78 is 0. The molecule has 0 saturated carbocycles. The molecule has 2 nitrogen and oxygen atoms in total. The van der Waals surface area contributed by atoms with E-state index < -0.39 is 0 Å². The molecule has 0 spiro atoms. The lowest BCUT2D eigenvalue weighted by Gasteiger charge is -2.29. The number of nitrogens with zero attached hydrogens (tertiary/aromatic N) is 1. The van der Waals surface area contributed by atoms with Crippen molar-refractivity contribution in [3.8, 4) is 0 Å². The fraction of sp³-hybridized carbons (Fsp3) is 0.875. The average Bonchev–Trinajstić information content (AvgIpc) is 2.02. The van der Waals surface area contributed by atoms with Gasteiger partial charge >= 0.3 is 0 Å². The molecule has 0 aliphatic carbocycles. The Morgan fingerprint density at radius 2 is 2.08 bits per heavy atom. The van der Waals surface area contributed by atoms with Crippen molar-refractivity contribution in [1.29, 1.82) is 0 Å². The van der Waals surface area contributed by atoms with Crippen molar-refractivity contribution < 1.29 is 0 Å². The van der Waals surface area contributed by atoms with E-state index in [9.17, 15) is 0 Å². The summed E-state index contributed by atoms with van der Waals surface area (Å²) in [6.07, 6.45) is 2.11. The largest absolute Gasteiger partial charge is 0.392 e. The number of likely N-dealkylation sites (N-methyl/N-ethyl adjacent to an activating group) is 1. The molecule has 72 valence electrons. The van der Waals surface area contributed by atoms with E-state index in [4.69, 9.17) is 18.0 Å². The molecular weight excluding hydrogens is 188 g/mol. The fourth-order valence-corrected chi connectivity index (χ4v) is 1.83. The molecule has 0 saturated heterocycles. The van der Waals surface area contributed by atoms with Crippen molar-refractivity contribution in [3.05, 3.63) is 0 Å². The highest BCUT2D eigenvalue weighted by Crippen LogP contribution is 2.07. The Hall–Kier alpha value is 0.200. The third-order valence-corrected chi connectivity index (χ3v) is 3.28. The minimum Gasteiger partial charge on any atom is -0.392 e. The van der Waals surface area contributed by atoms with Gasteiger partial charge in [-0.1, -0.05) is 12.2 Å². The summed E-state index contributed by atoms with van der Waals surface area (Å²) in [5.74, 6) is 1.11. The highest BCUT2D eigenvalue weighted by Gasteiger charge is 2.16. The van der Waals surface area contributed by atoms with Crippen molar-refractivity contribution in [1.82, 2.24) is 4.90 Å². The lowest BCUT2D eigenvalue weighted by Crippen LogP contribution is -2.44. The van der Waals surface area contributed by atoms with Gasteiger partial charge in [-0.05, 0) is 27.2 Å². The summed E-state index contributed by atoms with van der Waals surface area (Å²) in [5, 5.41) is 0. The standard InChI is InChI=1S/C8H18N2S2/c1-6(5-12-4)10(3)7(2)8(9)11/h6-7H,5H2,1-4H3,(H2,9,11). The molecule has 2 N–H and O–H groups in total. The van der Waals surface area contributed by atoms with Crippen molar-refractivity contribution >= 4 is 29.0 Å². The summed E-state index contributed by atoms with van der Waals surface area (Å²) in [6, 6.07) is 0.721. The van der Waals surface area contributed by atoms with Gasteiger partial charge in [-0.3, -0.25) is 4.90 Å². The van der Waals surface area contributed by atoms with E-state index in [0.717, 1.165) is 5.75 Å². The van der Waals surface area contributed by atoms with Crippen LogP contribution in [-0.4, -0.2) is 41.0 Å². The molecule has 2 unspecified atom stereocenters. The second kappa shape index (κ2) is 5.78. The van der Waals surface area contributed by atoms with Crippen LogP contribution in [0.4, 0.5) is 0 Å². The first kappa shape index (κ1) is 12.2. The number of rotatable bonds is 5. The number of hydrogen-bond donors (Lipinski definition) is 1. The van der Waals surface area contributed by atoms with E-state index >= 15 is 0 Å². The summed E-state index contributed by atoms with van der Waals surface area (Å²) in [4.78, 5) is 2.78. The predicted octanol–water partition coefficient (Wildman–Crippen LogP) is 1.34. The monoisotopic (exact) mass is 206 g/mol. The van der Waals surface area contributed by atoms with Gasteiger partial charge in [0.05, 0.1) is 11.0 Å². The smallest absolute Gasteiger partial charge is 0.0899 e. The van der Waals surface area contributed by atoms with Crippen LogP contribution in [0, 0.1) is 0 Å². The van der Waals surface area contributed by atoms with Gasteiger partial charge < -0.3 is 5.73 Å². The lowest BCUT2D eigenvalue weighted by molar-refractivity contribution is 0.258. The third-order valence-electron chi connectivity index (χ3n) is 2.13. The van der Waals surface area contributed by atoms with Crippen molar-refractivity contribution in [2.75, 3.05) is 19.1 Å². The van der Waals surface area contributed by atoms with Crippen molar-refractivity contribution in [2.24, 2.45) is 5.73 Å². The Morgan fingerprint density at radius 3 is 2.42 bits per heavy atom. The molecular formula is C8H18N2S2. The average molecular weight is 206 g/mol. The van der Waals surface area contributed by atoms with Crippen LogP contribution in [0.5, 0.6) is 0 Å². The minimum atomic E-state index is 0.196. The van der Waals surface area contributed by atoms with Gasteiger partial charge in [-0.15, -0.1) is 0 Å². The predicted molar refractivity (Wildman–Crippen MR) is 61.9 cm³/mol. The number of nitrogens with two attached hydrogens (primary N) is 1. The molecule has 0 heterocycles. The van der Waals surface area contributed by atoms with E-state index in [2.05, 4.69) is 25.1 Å². The molecule has 4 heteroatoms. The summed E-state index contributed by atoms with van der Waals surface area (Å²) in [5.41, 5.74) is 5.55. The van der Waals surface area contributed by atoms with Crippen LogP contribution in [0.3, 0.4) is 0 Å². The maximum absolute atomic E-state index is 5.55.